The van der Waals surface area contributed by atoms with E-state index < -0.39 is 0 Å². The van der Waals surface area contributed by atoms with Crippen molar-refractivity contribution >= 4 is 23.2 Å². The number of piperidine rings is 1. The summed E-state index contributed by atoms with van der Waals surface area (Å²) < 4.78 is 0. The summed E-state index contributed by atoms with van der Waals surface area (Å²) in [6, 6.07) is 26.4. The first-order valence-corrected chi connectivity index (χ1v) is 11.5. The Labute approximate surface area is 190 Å². The van der Waals surface area contributed by atoms with Gasteiger partial charge in [-0.15, -0.1) is 0 Å². The molecule has 0 bridgehead atoms. The number of carbonyl (C=O) groups is 1. The third kappa shape index (κ3) is 5.36. The second-order valence-electron chi connectivity index (χ2n) is 8.19. The van der Waals surface area contributed by atoms with E-state index in [0.29, 0.717) is 0 Å². The van der Waals surface area contributed by atoms with Gasteiger partial charge in [-0.25, -0.2) is 0 Å². The zero-order chi connectivity index (χ0) is 21.6. The number of likely N-dealkylation sites (tertiary alicyclic amines) is 1. The summed E-state index contributed by atoms with van der Waals surface area (Å²) in [5.74, 6) is 0.0843. The summed E-state index contributed by atoms with van der Waals surface area (Å²) in [7, 11) is 0. The van der Waals surface area contributed by atoms with E-state index in [1.54, 1.807) is 0 Å². The third-order valence-corrected chi connectivity index (χ3v) is 6.36. The van der Waals surface area contributed by atoms with Crippen LogP contribution in [-0.4, -0.2) is 29.9 Å². The van der Waals surface area contributed by atoms with Gasteiger partial charge in [0, 0.05) is 41.9 Å². The molecule has 3 aromatic rings. The molecule has 160 valence electrons. The Morgan fingerprint density at radius 1 is 0.903 bits per heavy atom. The van der Waals surface area contributed by atoms with Crippen LogP contribution in [0.2, 0.25) is 5.02 Å². The number of halogens is 1. The van der Waals surface area contributed by atoms with E-state index in [4.69, 9.17) is 11.6 Å². The van der Waals surface area contributed by atoms with Crippen LogP contribution in [-0.2, 0) is 13.0 Å². The van der Waals surface area contributed by atoms with Gasteiger partial charge < -0.3 is 4.90 Å². The smallest absolute Gasteiger partial charge is 0.258 e. The molecule has 0 saturated carbocycles. The maximum atomic E-state index is 13.5. The normalized spacial score (nSPS) is 15.0. The summed E-state index contributed by atoms with van der Waals surface area (Å²) >= 11 is 6.01. The first-order chi connectivity index (χ1) is 15.1. The number of aryl methyl sites for hydroxylation is 1. The lowest BCUT2D eigenvalue weighted by atomic mass is 9.99. The van der Waals surface area contributed by atoms with Gasteiger partial charge in [0.25, 0.3) is 5.91 Å². The minimum Gasteiger partial charge on any atom is -0.305 e. The minimum atomic E-state index is 0.0843. The van der Waals surface area contributed by atoms with E-state index in [0.717, 1.165) is 55.2 Å². The third-order valence-electron chi connectivity index (χ3n) is 6.10. The van der Waals surface area contributed by atoms with Crippen molar-refractivity contribution in [1.29, 1.82) is 0 Å². The predicted molar refractivity (Wildman–Crippen MR) is 129 cm³/mol. The Balaban J connectivity index is 1.50. The van der Waals surface area contributed by atoms with Crippen molar-refractivity contribution in [2.45, 2.75) is 38.8 Å². The second kappa shape index (κ2) is 10.1. The Morgan fingerprint density at radius 2 is 1.52 bits per heavy atom. The zero-order valence-electron chi connectivity index (χ0n) is 18.0. The topological polar surface area (TPSA) is 23.6 Å². The van der Waals surface area contributed by atoms with Crippen molar-refractivity contribution in [3.63, 3.8) is 0 Å². The van der Waals surface area contributed by atoms with Gasteiger partial charge in [-0.05, 0) is 66.8 Å². The molecule has 0 spiro atoms. The van der Waals surface area contributed by atoms with Crippen LogP contribution in [0.3, 0.4) is 0 Å². The summed E-state index contributed by atoms with van der Waals surface area (Å²) in [4.78, 5) is 18.0. The quantitative estimate of drug-likeness (QED) is 0.462. The Kier molecular flexibility index (Phi) is 7.06. The lowest BCUT2D eigenvalue weighted by molar-refractivity contribution is 0.0958. The number of anilines is 1. The average molecular weight is 433 g/mol. The molecule has 3 aromatic carbocycles. The summed E-state index contributed by atoms with van der Waals surface area (Å²) in [6.45, 7) is 5.01. The summed E-state index contributed by atoms with van der Waals surface area (Å²) in [5.41, 5.74) is 4.29. The number of carbonyl (C=O) groups excluding carboxylic acids is 1. The van der Waals surface area contributed by atoms with E-state index in [1.165, 1.54) is 11.1 Å². The Hall–Kier alpha value is -2.62. The average Bonchev–Trinajstić information content (AvgIpc) is 2.83. The van der Waals surface area contributed by atoms with Crippen molar-refractivity contribution in [3.8, 4) is 0 Å². The fourth-order valence-electron chi connectivity index (χ4n) is 4.29. The maximum absolute atomic E-state index is 13.5. The molecule has 1 aliphatic rings. The minimum absolute atomic E-state index is 0.0843. The van der Waals surface area contributed by atoms with Crippen LogP contribution in [0, 0.1) is 0 Å². The fourth-order valence-corrected chi connectivity index (χ4v) is 4.42. The van der Waals surface area contributed by atoms with Crippen molar-refractivity contribution in [1.82, 2.24) is 4.90 Å². The van der Waals surface area contributed by atoms with Gasteiger partial charge in [0.1, 0.15) is 0 Å². The van der Waals surface area contributed by atoms with E-state index in [-0.39, 0.29) is 11.9 Å². The van der Waals surface area contributed by atoms with Crippen LogP contribution in [0.25, 0.3) is 0 Å². The highest BCUT2D eigenvalue weighted by molar-refractivity contribution is 6.30. The summed E-state index contributed by atoms with van der Waals surface area (Å²) in [5, 5.41) is 0.770. The van der Waals surface area contributed by atoms with Gasteiger partial charge in [0.15, 0.2) is 0 Å². The zero-order valence-corrected chi connectivity index (χ0v) is 18.8. The molecule has 31 heavy (non-hydrogen) atoms. The van der Waals surface area contributed by atoms with Gasteiger partial charge in [0.2, 0.25) is 0 Å². The predicted octanol–water partition coefficient (Wildman–Crippen LogP) is 6.21. The number of rotatable bonds is 6. The number of hydrogen-bond donors (Lipinski definition) is 0. The summed E-state index contributed by atoms with van der Waals surface area (Å²) in [6.07, 6.45) is 2.92. The van der Waals surface area contributed by atoms with E-state index in [2.05, 4.69) is 48.2 Å². The Morgan fingerprint density at radius 3 is 2.13 bits per heavy atom. The largest absolute Gasteiger partial charge is 0.305 e. The van der Waals surface area contributed by atoms with Gasteiger partial charge in [-0.1, -0.05) is 61.0 Å². The number of benzene rings is 3. The number of nitrogens with zero attached hydrogens (tertiary/aromatic N) is 2. The first kappa shape index (κ1) is 21.6. The molecule has 1 saturated heterocycles. The molecule has 0 unspecified atom stereocenters. The van der Waals surface area contributed by atoms with Gasteiger partial charge in [-0.2, -0.15) is 0 Å². The van der Waals surface area contributed by atoms with Crippen LogP contribution in [0.1, 0.15) is 41.3 Å². The highest BCUT2D eigenvalue weighted by Crippen LogP contribution is 2.27. The molecule has 0 N–H and O–H groups in total. The van der Waals surface area contributed by atoms with Crippen LogP contribution < -0.4 is 4.90 Å². The van der Waals surface area contributed by atoms with Crippen molar-refractivity contribution in [3.05, 3.63) is 101 Å². The van der Waals surface area contributed by atoms with Gasteiger partial charge >= 0.3 is 0 Å². The standard InChI is InChI=1S/C27H29ClN2O/c1-2-21-10-14-25(15-11-21)30(27(31)23-6-4-3-5-7-23)26-16-18-29(19-17-26)20-22-8-12-24(28)13-9-22/h3-15,26H,2,16-20H2,1H3. The molecule has 4 rings (SSSR count). The number of hydrogen-bond acceptors (Lipinski definition) is 2. The van der Waals surface area contributed by atoms with Crippen LogP contribution in [0.15, 0.2) is 78.9 Å². The molecule has 3 nitrogen and oxygen atoms in total. The lowest BCUT2D eigenvalue weighted by Crippen LogP contribution is -2.47. The monoisotopic (exact) mass is 432 g/mol. The molecule has 1 amide bonds. The molecular formula is C27H29ClN2O. The Bertz CT molecular complexity index is 978. The molecule has 0 radical (unpaired) electrons. The SMILES string of the molecule is CCc1ccc(N(C(=O)c2ccccc2)C2CCN(Cc3ccc(Cl)cc3)CC2)cc1. The van der Waals surface area contributed by atoms with Crippen LogP contribution in [0.5, 0.6) is 0 Å². The van der Waals surface area contributed by atoms with Crippen molar-refractivity contribution < 1.29 is 4.79 Å². The maximum Gasteiger partial charge on any atom is 0.258 e. The van der Waals surface area contributed by atoms with E-state index in [1.807, 2.05) is 47.4 Å². The van der Waals surface area contributed by atoms with E-state index >= 15 is 0 Å². The molecule has 0 atom stereocenters. The molecule has 4 heteroatoms. The van der Waals surface area contributed by atoms with Crippen LogP contribution >= 0.6 is 11.6 Å². The second-order valence-corrected chi connectivity index (χ2v) is 8.63. The highest BCUT2D eigenvalue weighted by Gasteiger charge is 2.29. The first-order valence-electron chi connectivity index (χ1n) is 11.1. The number of amides is 1. The molecule has 0 aromatic heterocycles. The molecule has 1 aliphatic heterocycles. The fraction of sp³-hybridized carbons (Fsp3) is 0.296. The molecule has 0 aliphatic carbocycles. The van der Waals surface area contributed by atoms with Crippen molar-refractivity contribution in [2.24, 2.45) is 0 Å². The van der Waals surface area contributed by atoms with Crippen LogP contribution in [0.4, 0.5) is 5.69 Å². The van der Waals surface area contributed by atoms with Gasteiger partial charge in [0.05, 0.1) is 0 Å². The van der Waals surface area contributed by atoms with Crippen molar-refractivity contribution in [2.75, 3.05) is 18.0 Å². The molecular weight excluding hydrogens is 404 g/mol. The highest BCUT2D eigenvalue weighted by atomic mass is 35.5. The molecule has 1 fully saturated rings. The van der Waals surface area contributed by atoms with E-state index in [9.17, 15) is 4.79 Å². The lowest BCUT2D eigenvalue weighted by Gasteiger charge is -2.38. The van der Waals surface area contributed by atoms with Gasteiger partial charge in [-0.3, -0.25) is 9.69 Å². The molecule has 1 heterocycles.